The van der Waals surface area contributed by atoms with E-state index in [1.54, 1.807) is 0 Å². The minimum Gasteiger partial charge on any atom is -0.314 e. The number of nitrogens with zero attached hydrogens (tertiary/aromatic N) is 2. The second-order valence-electron chi connectivity index (χ2n) is 4.49. The van der Waals surface area contributed by atoms with Gasteiger partial charge in [0.25, 0.3) is 0 Å². The lowest BCUT2D eigenvalue weighted by atomic mass is 10.0. The minimum absolute atomic E-state index is 0.842. The second-order valence-corrected chi connectivity index (χ2v) is 4.49. The number of hydrogen-bond acceptors (Lipinski definition) is 2. The van der Waals surface area contributed by atoms with Gasteiger partial charge in [0.1, 0.15) is 0 Å². The molecule has 3 nitrogen and oxygen atoms in total. The van der Waals surface area contributed by atoms with Crippen LogP contribution in [0.3, 0.4) is 0 Å². The summed E-state index contributed by atoms with van der Waals surface area (Å²) in [6.07, 6.45) is 0. The van der Waals surface area contributed by atoms with E-state index < -0.39 is 0 Å². The molecule has 0 aliphatic carbocycles. The molecule has 0 spiro atoms. The summed E-state index contributed by atoms with van der Waals surface area (Å²) in [4.78, 5) is 0. The fourth-order valence-electron chi connectivity index (χ4n) is 2.09. The molecule has 17 heavy (non-hydrogen) atoms. The molecule has 0 fully saturated rings. The molecule has 0 amide bonds. The minimum atomic E-state index is 0.842. The maximum Gasteiger partial charge on any atom is 0.0929 e. The van der Waals surface area contributed by atoms with Gasteiger partial charge in [-0.25, -0.2) is 0 Å². The SMILES string of the molecule is CNCc1cc(-c2ccc(C)cc2C)nn1C. The molecule has 1 aromatic heterocycles. The number of hydrogen-bond donors (Lipinski definition) is 1. The highest BCUT2D eigenvalue weighted by atomic mass is 15.3. The van der Waals surface area contributed by atoms with Crippen molar-refractivity contribution in [2.45, 2.75) is 20.4 Å². The summed E-state index contributed by atoms with van der Waals surface area (Å²) < 4.78 is 1.94. The Balaban J connectivity index is 2.42. The van der Waals surface area contributed by atoms with Crippen molar-refractivity contribution >= 4 is 0 Å². The first-order chi connectivity index (χ1) is 8.11. The molecule has 0 aliphatic rings. The third-order valence-corrected chi connectivity index (χ3v) is 2.99. The Morgan fingerprint density at radius 3 is 2.65 bits per heavy atom. The molecule has 0 aliphatic heterocycles. The summed E-state index contributed by atoms with van der Waals surface area (Å²) in [6.45, 7) is 5.09. The van der Waals surface area contributed by atoms with Crippen molar-refractivity contribution in [3.05, 3.63) is 41.1 Å². The van der Waals surface area contributed by atoms with Crippen LogP contribution < -0.4 is 5.32 Å². The summed E-state index contributed by atoms with van der Waals surface area (Å²) in [6, 6.07) is 8.63. The van der Waals surface area contributed by atoms with Crippen molar-refractivity contribution in [2.24, 2.45) is 7.05 Å². The lowest BCUT2D eigenvalue weighted by molar-refractivity contribution is 0.673. The van der Waals surface area contributed by atoms with E-state index in [-0.39, 0.29) is 0 Å². The molecule has 1 heterocycles. The van der Waals surface area contributed by atoms with E-state index in [1.807, 2.05) is 18.8 Å². The van der Waals surface area contributed by atoms with E-state index in [9.17, 15) is 0 Å². The first-order valence-electron chi connectivity index (χ1n) is 5.87. The normalized spacial score (nSPS) is 10.8. The number of aromatic nitrogens is 2. The van der Waals surface area contributed by atoms with Gasteiger partial charge in [-0.05, 0) is 32.5 Å². The van der Waals surface area contributed by atoms with E-state index in [1.165, 1.54) is 22.4 Å². The largest absolute Gasteiger partial charge is 0.314 e. The monoisotopic (exact) mass is 229 g/mol. The Kier molecular flexibility index (Phi) is 3.29. The van der Waals surface area contributed by atoms with Crippen molar-refractivity contribution in [2.75, 3.05) is 7.05 Å². The van der Waals surface area contributed by atoms with Crippen LogP contribution in [0.1, 0.15) is 16.8 Å². The van der Waals surface area contributed by atoms with Gasteiger partial charge in [-0.3, -0.25) is 4.68 Å². The van der Waals surface area contributed by atoms with Crippen LogP contribution in [0.4, 0.5) is 0 Å². The summed E-state index contributed by atoms with van der Waals surface area (Å²) in [5, 5.41) is 7.72. The smallest absolute Gasteiger partial charge is 0.0929 e. The Bertz CT molecular complexity index is 526. The number of nitrogens with one attached hydrogen (secondary N) is 1. The highest BCUT2D eigenvalue weighted by Crippen LogP contribution is 2.23. The predicted molar refractivity (Wildman–Crippen MR) is 70.9 cm³/mol. The van der Waals surface area contributed by atoms with Gasteiger partial charge < -0.3 is 5.32 Å². The van der Waals surface area contributed by atoms with Gasteiger partial charge in [-0.1, -0.05) is 23.8 Å². The number of rotatable bonds is 3. The average molecular weight is 229 g/mol. The standard InChI is InChI=1S/C14H19N3/c1-10-5-6-13(11(2)7-10)14-8-12(9-15-3)17(4)16-14/h5-8,15H,9H2,1-4H3. The molecule has 0 unspecified atom stereocenters. The van der Waals surface area contributed by atoms with Gasteiger partial charge in [0, 0.05) is 19.2 Å². The zero-order valence-corrected chi connectivity index (χ0v) is 10.9. The van der Waals surface area contributed by atoms with Crippen LogP contribution >= 0.6 is 0 Å². The van der Waals surface area contributed by atoms with Gasteiger partial charge in [-0.2, -0.15) is 5.10 Å². The highest BCUT2D eigenvalue weighted by molar-refractivity contribution is 5.64. The fourth-order valence-corrected chi connectivity index (χ4v) is 2.09. The van der Waals surface area contributed by atoms with Gasteiger partial charge in [0.05, 0.1) is 11.4 Å². The molecule has 0 radical (unpaired) electrons. The van der Waals surface area contributed by atoms with Crippen LogP contribution in [0, 0.1) is 13.8 Å². The molecule has 90 valence electrons. The lowest BCUT2D eigenvalue weighted by Crippen LogP contribution is -2.09. The molecule has 2 rings (SSSR count). The molecular weight excluding hydrogens is 210 g/mol. The van der Waals surface area contributed by atoms with E-state index in [2.05, 4.69) is 48.5 Å². The maximum atomic E-state index is 4.57. The Morgan fingerprint density at radius 1 is 1.24 bits per heavy atom. The molecule has 0 bridgehead atoms. The van der Waals surface area contributed by atoms with Crippen LogP contribution in [0.25, 0.3) is 11.3 Å². The van der Waals surface area contributed by atoms with Gasteiger partial charge in [-0.15, -0.1) is 0 Å². The van der Waals surface area contributed by atoms with Crippen LogP contribution in [-0.2, 0) is 13.6 Å². The topological polar surface area (TPSA) is 29.9 Å². The van der Waals surface area contributed by atoms with Crippen LogP contribution in [0.15, 0.2) is 24.3 Å². The quantitative estimate of drug-likeness (QED) is 0.876. The molecule has 0 saturated heterocycles. The molecular formula is C14H19N3. The Morgan fingerprint density at radius 2 is 2.00 bits per heavy atom. The van der Waals surface area contributed by atoms with E-state index in [4.69, 9.17) is 0 Å². The van der Waals surface area contributed by atoms with Crippen molar-refractivity contribution in [3.8, 4) is 11.3 Å². The van der Waals surface area contributed by atoms with Gasteiger partial charge >= 0.3 is 0 Å². The first-order valence-corrected chi connectivity index (χ1v) is 5.87. The third kappa shape index (κ3) is 2.39. The van der Waals surface area contributed by atoms with E-state index >= 15 is 0 Å². The van der Waals surface area contributed by atoms with Crippen LogP contribution in [0.5, 0.6) is 0 Å². The van der Waals surface area contributed by atoms with Gasteiger partial charge in [0.15, 0.2) is 0 Å². The maximum absolute atomic E-state index is 4.57. The molecule has 1 N–H and O–H groups in total. The average Bonchev–Trinajstić information content (AvgIpc) is 2.60. The Labute approximate surface area is 102 Å². The fraction of sp³-hybridized carbons (Fsp3) is 0.357. The van der Waals surface area contributed by atoms with Crippen LogP contribution in [-0.4, -0.2) is 16.8 Å². The number of aryl methyl sites for hydroxylation is 3. The summed E-state index contributed by atoms with van der Waals surface area (Å²) >= 11 is 0. The van der Waals surface area contributed by atoms with E-state index in [0.717, 1.165) is 12.2 Å². The first kappa shape index (κ1) is 11.9. The zero-order valence-electron chi connectivity index (χ0n) is 10.9. The molecule has 3 heteroatoms. The van der Waals surface area contributed by atoms with Crippen molar-refractivity contribution in [1.29, 1.82) is 0 Å². The predicted octanol–water partition coefficient (Wildman–Crippen LogP) is 2.42. The summed E-state index contributed by atoms with van der Waals surface area (Å²) in [5.41, 5.74) is 6.03. The van der Waals surface area contributed by atoms with Crippen molar-refractivity contribution in [1.82, 2.24) is 15.1 Å². The molecule has 0 atom stereocenters. The zero-order chi connectivity index (χ0) is 12.4. The Hall–Kier alpha value is -1.61. The van der Waals surface area contributed by atoms with Crippen molar-refractivity contribution < 1.29 is 0 Å². The molecule has 0 saturated carbocycles. The third-order valence-electron chi connectivity index (χ3n) is 2.99. The molecule has 1 aromatic carbocycles. The lowest BCUT2D eigenvalue weighted by Gasteiger charge is -2.03. The highest BCUT2D eigenvalue weighted by Gasteiger charge is 2.08. The molecule has 2 aromatic rings. The van der Waals surface area contributed by atoms with E-state index in [0.29, 0.717) is 0 Å². The summed E-state index contributed by atoms with van der Waals surface area (Å²) in [5.74, 6) is 0. The second kappa shape index (κ2) is 4.72. The van der Waals surface area contributed by atoms with Crippen molar-refractivity contribution in [3.63, 3.8) is 0 Å². The number of benzene rings is 1. The van der Waals surface area contributed by atoms with Crippen LogP contribution in [0.2, 0.25) is 0 Å². The summed E-state index contributed by atoms with van der Waals surface area (Å²) in [7, 11) is 3.93. The van der Waals surface area contributed by atoms with Gasteiger partial charge in [0.2, 0.25) is 0 Å².